The molecule has 1 aliphatic carbocycles. The van der Waals surface area contributed by atoms with E-state index >= 15 is 0 Å². The van der Waals surface area contributed by atoms with Crippen molar-refractivity contribution in [2.45, 2.75) is 50.9 Å². The second-order valence-corrected chi connectivity index (χ2v) is 6.45. The fourth-order valence-corrected chi connectivity index (χ4v) is 3.33. The van der Waals surface area contributed by atoms with Crippen molar-refractivity contribution < 1.29 is 13.2 Å². The van der Waals surface area contributed by atoms with Crippen LogP contribution in [0.1, 0.15) is 43.5 Å². The SMILES string of the molecule is CN(Cc1nc2cc(C(F)(F)F)ccc2c(=O)[nH]1)C1CCCCC1. The van der Waals surface area contributed by atoms with Gasteiger partial charge in [0.05, 0.1) is 23.0 Å². The third-order valence-corrected chi connectivity index (χ3v) is 4.68. The van der Waals surface area contributed by atoms with Crippen LogP contribution in [0.5, 0.6) is 0 Å². The summed E-state index contributed by atoms with van der Waals surface area (Å²) in [7, 11) is 1.96. The summed E-state index contributed by atoms with van der Waals surface area (Å²) in [6, 6.07) is 3.46. The summed E-state index contributed by atoms with van der Waals surface area (Å²) in [6.07, 6.45) is 1.38. The molecule has 0 atom stereocenters. The summed E-state index contributed by atoms with van der Waals surface area (Å²) in [6.45, 7) is 0.423. The van der Waals surface area contributed by atoms with Crippen LogP contribution >= 0.6 is 0 Å². The molecule has 1 aliphatic rings. The molecular formula is C17H20F3N3O. The summed E-state index contributed by atoms with van der Waals surface area (Å²) in [4.78, 5) is 21.2. The number of alkyl halides is 3. The van der Waals surface area contributed by atoms with Gasteiger partial charge in [0.15, 0.2) is 0 Å². The van der Waals surface area contributed by atoms with E-state index in [0.717, 1.165) is 25.0 Å². The number of hydrogen-bond acceptors (Lipinski definition) is 3. The molecule has 0 spiro atoms. The molecule has 0 amide bonds. The maximum atomic E-state index is 12.8. The highest BCUT2D eigenvalue weighted by molar-refractivity contribution is 5.78. The standard InChI is InChI=1S/C17H20F3N3O/c1-23(12-5-3-2-4-6-12)10-15-21-14-9-11(17(18,19)20)7-8-13(14)16(24)22-15/h7-9,12H,2-6,10H2,1H3,(H,21,22,24). The fourth-order valence-electron chi connectivity index (χ4n) is 3.33. The van der Waals surface area contributed by atoms with Crippen LogP contribution in [0.3, 0.4) is 0 Å². The average Bonchev–Trinajstić information content (AvgIpc) is 2.54. The minimum absolute atomic E-state index is 0.0839. The molecular weight excluding hydrogens is 319 g/mol. The van der Waals surface area contributed by atoms with Crippen LogP contribution in [0.25, 0.3) is 10.9 Å². The number of nitrogens with one attached hydrogen (secondary N) is 1. The largest absolute Gasteiger partial charge is 0.416 e. The molecule has 1 aromatic carbocycles. The summed E-state index contributed by atoms with van der Waals surface area (Å²) in [5.41, 5.74) is -1.11. The number of H-pyrrole nitrogens is 1. The van der Waals surface area contributed by atoms with Crippen LogP contribution in [-0.4, -0.2) is 28.0 Å². The molecule has 1 fully saturated rings. The maximum Gasteiger partial charge on any atom is 0.416 e. The Morgan fingerprint density at radius 1 is 1.25 bits per heavy atom. The second kappa shape index (κ2) is 6.55. The number of aromatic amines is 1. The number of hydrogen-bond donors (Lipinski definition) is 1. The van der Waals surface area contributed by atoms with E-state index in [4.69, 9.17) is 0 Å². The Kier molecular flexibility index (Phi) is 4.62. The van der Waals surface area contributed by atoms with Crippen LogP contribution < -0.4 is 5.56 Å². The summed E-state index contributed by atoms with van der Waals surface area (Å²) < 4.78 is 38.5. The van der Waals surface area contributed by atoms with E-state index in [9.17, 15) is 18.0 Å². The number of fused-ring (bicyclic) bond motifs is 1. The molecule has 7 heteroatoms. The van der Waals surface area contributed by atoms with E-state index in [1.165, 1.54) is 25.3 Å². The van der Waals surface area contributed by atoms with Crippen molar-refractivity contribution >= 4 is 10.9 Å². The Hall–Kier alpha value is -1.89. The highest BCUT2D eigenvalue weighted by Crippen LogP contribution is 2.30. The van der Waals surface area contributed by atoms with Gasteiger partial charge < -0.3 is 4.98 Å². The van der Waals surface area contributed by atoms with E-state index in [1.54, 1.807) is 0 Å². The first kappa shape index (κ1) is 17.0. The quantitative estimate of drug-likeness (QED) is 0.927. The van der Waals surface area contributed by atoms with Crippen molar-refractivity contribution in [2.75, 3.05) is 7.05 Å². The lowest BCUT2D eigenvalue weighted by atomic mass is 9.94. The van der Waals surface area contributed by atoms with Crippen molar-refractivity contribution in [3.05, 3.63) is 39.9 Å². The minimum atomic E-state index is -4.45. The maximum absolute atomic E-state index is 12.8. The Labute approximate surface area is 137 Å². The van der Waals surface area contributed by atoms with Crippen LogP contribution in [0, 0.1) is 0 Å². The Morgan fingerprint density at radius 2 is 1.96 bits per heavy atom. The molecule has 2 aromatic rings. The second-order valence-electron chi connectivity index (χ2n) is 6.45. The van der Waals surface area contributed by atoms with E-state index < -0.39 is 17.3 Å². The van der Waals surface area contributed by atoms with E-state index in [-0.39, 0.29) is 10.9 Å². The summed E-state index contributed by atoms with van der Waals surface area (Å²) in [5, 5.41) is 0.173. The van der Waals surface area contributed by atoms with Gasteiger partial charge in [-0.3, -0.25) is 9.69 Å². The molecule has 0 aliphatic heterocycles. The first-order valence-corrected chi connectivity index (χ1v) is 8.15. The van der Waals surface area contributed by atoms with Crippen molar-refractivity contribution in [2.24, 2.45) is 0 Å². The Balaban J connectivity index is 1.89. The summed E-state index contributed by atoms with van der Waals surface area (Å²) >= 11 is 0. The molecule has 130 valence electrons. The van der Waals surface area contributed by atoms with Crippen molar-refractivity contribution in [1.29, 1.82) is 0 Å². The topological polar surface area (TPSA) is 49.0 Å². The molecule has 3 rings (SSSR count). The molecule has 1 saturated carbocycles. The lowest BCUT2D eigenvalue weighted by molar-refractivity contribution is -0.137. The first-order valence-electron chi connectivity index (χ1n) is 8.15. The van der Waals surface area contributed by atoms with E-state index in [1.807, 2.05) is 7.05 Å². The third kappa shape index (κ3) is 3.61. The molecule has 24 heavy (non-hydrogen) atoms. The molecule has 1 heterocycles. The average molecular weight is 339 g/mol. The van der Waals surface area contributed by atoms with Crippen LogP contribution in [-0.2, 0) is 12.7 Å². The Morgan fingerprint density at radius 3 is 2.62 bits per heavy atom. The van der Waals surface area contributed by atoms with Crippen molar-refractivity contribution in [1.82, 2.24) is 14.9 Å². The zero-order valence-corrected chi connectivity index (χ0v) is 13.5. The molecule has 0 unspecified atom stereocenters. The van der Waals surface area contributed by atoms with E-state index in [0.29, 0.717) is 18.4 Å². The lowest BCUT2D eigenvalue weighted by Gasteiger charge is -2.30. The molecule has 0 radical (unpaired) electrons. The predicted molar refractivity (Wildman–Crippen MR) is 85.7 cm³/mol. The van der Waals surface area contributed by atoms with Gasteiger partial charge in [-0.05, 0) is 38.1 Å². The van der Waals surface area contributed by atoms with Crippen LogP contribution in [0.2, 0.25) is 0 Å². The molecule has 1 aromatic heterocycles. The monoisotopic (exact) mass is 339 g/mol. The Bertz CT molecular complexity index is 779. The number of halogens is 3. The number of benzene rings is 1. The highest BCUT2D eigenvalue weighted by atomic mass is 19.4. The number of nitrogens with zero attached hydrogens (tertiary/aromatic N) is 2. The van der Waals surface area contributed by atoms with E-state index in [2.05, 4.69) is 14.9 Å². The zero-order valence-electron chi connectivity index (χ0n) is 13.5. The van der Waals surface area contributed by atoms with Gasteiger partial charge in [-0.2, -0.15) is 13.2 Å². The number of rotatable bonds is 3. The minimum Gasteiger partial charge on any atom is -0.309 e. The molecule has 0 bridgehead atoms. The van der Waals surface area contributed by atoms with Gasteiger partial charge in [0.2, 0.25) is 0 Å². The van der Waals surface area contributed by atoms with Gasteiger partial charge in [0, 0.05) is 6.04 Å². The molecule has 1 N–H and O–H groups in total. The summed E-state index contributed by atoms with van der Waals surface area (Å²) in [5.74, 6) is 0.403. The van der Waals surface area contributed by atoms with Crippen LogP contribution in [0.4, 0.5) is 13.2 Å². The third-order valence-electron chi connectivity index (χ3n) is 4.68. The van der Waals surface area contributed by atoms with Gasteiger partial charge >= 0.3 is 6.18 Å². The first-order chi connectivity index (χ1) is 11.3. The molecule has 4 nitrogen and oxygen atoms in total. The van der Waals surface area contributed by atoms with Crippen molar-refractivity contribution in [3.63, 3.8) is 0 Å². The van der Waals surface area contributed by atoms with Gasteiger partial charge in [-0.15, -0.1) is 0 Å². The van der Waals surface area contributed by atoms with Gasteiger partial charge in [0.25, 0.3) is 5.56 Å². The van der Waals surface area contributed by atoms with Crippen LogP contribution in [0.15, 0.2) is 23.0 Å². The number of aromatic nitrogens is 2. The van der Waals surface area contributed by atoms with Gasteiger partial charge in [-0.1, -0.05) is 19.3 Å². The van der Waals surface area contributed by atoms with Crippen molar-refractivity contribution in [3.8, 4) is 0 Å². The predicted octanol–water partition coefficient (Wildman–Crippen LogP) is 3.71. The normalized spacial score (nSPS) is 16.9. The fraction of sp³-hybridized carbons (Fsp3) is 0.529. The highest BCUT2D eigenvalue weighted by Gasteiger charge is 2.30. The zero-order chi connectivity index (χ0) is 17.3. The lowest BCUT2D eigenvalue weighted by Crippen LogP contribution is -2.34. The smallest absolute Gasteiger partial charge is 0.309 e. The molecule has 0 saturated heterocycles. The van der Waals surface area contributed by atoms with Gasteiger partial charge in [0.1, 0.15) is 5.82 Å². The van der Waals surface area contributed by atoms with Gasteiger partial charge in [-0.25, -0.2) is 4.98 Å².